The minimum absolute atomic E-state index is 0.000575. The van der Waals surface area contributed by atoms with Gasteiger partial charge in [-0.3, -0.25) is 4.57 Å². The van der Waals surface area contributed by atoms with E-state index < -0.39 is 33.5 Å². The fraction of sp³-hybridized carbons (Fsp3) is 0.348. The van der Waals surface area contributed by atoms with Crippen molar-refractivity contribution in [2.24, 2.45) is 0 Å². The fourth-order valence-electron chi connectivity index (χ4n) is 3.90. The second-order valence-electron chi connectivity index (χ2n) is 8.17. The Bertz CT molecular complexity index is 1520. The van der Waals surface area contributed by atoms with E-state index in [1.165, 1.54) is 51.3 Å². The summed E-state index contributed by atoms with van der Waals surface area (Å²) in [5, 5.41) is 11.2. The molecule has 0 radical (unpaired) electrons. The largest absolute Gasteiger partial charge is 0.494 e. The Kier molecular flexibility index (Phi) is 8.42. The number of aromatic nitrogens is 7. The lowest BCUT2D eigenvalue weighted by molar-refractivity contribution is 0.0568. The van der Waals surface area contributed by atoms with Gasteiger partial charge >= 0.3 is 6.55 Å². The smallest absolute Gasteiger partial charge is 0.333 e. The van der Waals surface area contributed by atoms with Gasteiger partial charge in [0.25, 0.3) is 0 Å². The first-order valence-electron chi connectivity index (χ1n) is 11.3. The Balaban J connectivity index is 1.84. The predicted octanol–water partition coefficient (Wildman–Crippen LogP) is 3.68. The van der Waals surface area contributed by atoms with Crippen molar-refractivity contribution in [2.75, 3.05) is 21.3 Å². The van der Waals surface area contributed by atoms with Crippen molar-refractivity contribution < 1.29 is 31.4 Å². The Morgan fingerprint density at radius 1 is 1.03 bits per heavy atom. The first kappa shape index (κ1) is 28.3. The number of para-hydroxylation sites is 1. The zero-order chi connectivity index (χ0) is 28.3. The molecule has 12 nitrogen and oxygen atoms in total. The molecular formula is C23H24ClF2N7O5S. The topological polar surface area (TPSA) is 136 Å². The highest BCUT2D eigenvalue weighted by Crippen LogP contribution is 2.37. The number of hydrogen-bond donors (Lipinski definition) is 0. The van der Waals surface area contributed by atoms with Crippen LogP contribution in [0.5, 0.6) is 11.5 Å². The van der Waals surface area contributed by atoms with Crippen LogP contribution in [0.3, 0.4) is 0 Å². The molecule has 0 bridgehead atoms. The standard InChI is InChI=1S/C23H24ClF2N7O5S/c1-13(20(38-4)21-27-10-14(24)11-28-21)39(34,35)12-18-29-30-22(15-8-9-32(31-15)23(25)26)33(18)19-16(36-2)6-5-7-17(19)37-3/h5-11,13,20,23H,12H2,1-4H3/t13-,20-/m0/s1. The van der Waals surface area contributed by atoms with Crippen molar-refractivity contribution in [1.82, 2.24) is 34.5 Å². The van der Waals surface area contributed by atoms with Crippen LogP contribution >= 0.6 is 11.6 Å². The van der Waals surface area contributed by atoms with Crippen LogP contribution in [0, 0.1) is 0 Å². The number of rotatable bonds is 11. The Morgan fingerprint density at radius 3 is 2.21 bits per heavy atom. The lowest BCUT2D eigenvalue weighted by Gasteiger charge is -2.22. The molecule has 0 amide bonds. The van der Waals surface area contributed by atoms with Crippen LogP contribution in [0.4, 0.5) is 8.78 Å². The highest BCUT2D eigenvalue weighted by molar-refractivity contribution is 7.91. The molecule has 0 N–H and O–H groups in total. The van der Waals surface area contributed by atoms with E-state index in [1.807, 2.05) is 0 Å². The molecule has 39 heavy (non-hydrogen) atoms. The summed E-state index contributed by atoms with van der Waals surface area (Å²) in [7, 11) is 0.160. The number of benzene rings is 1. The highest BCUT2D eigenvalue weighted by Gasteiger charge is 2.35. The molecule has 0 saturated heterocycles. The van der Waals surface area contributed by atoms with Gasteiger partial charge in [0.15, 0.2) is 27.3 Å². The molecule has 0 unspecified atom stereocenters. The van der Waals surface area contributed by atoms with Crippen molar-refractivity contribution in [3.8, 4) is 28.7 Å². The first-order chi connectivity index (χ1) is 18.6. The van der Waals surface area contributed by atoms with Gasteiger partial charge in [-0.05, 0) is 25.1 Å². The highest BCUT2D eigenvalue weighted by atomic mass is 35.5. The summed E-state index contributed by atoms with van der Waals surface area (Å²) in [5.41, 5.74) is 0.285. The average Bonchev–Trinajstić information content (AvgIpc) is 3.56. The Hall–Kier alpha value is -3.69. The van der Waals surface area contributed by atoms with E-state index in [9.17, 15) is 17.2 Å². The monoisotopic (exact) mass is 583 g/mol. The van der Waals surface area contributed by atoms with Crippen LogP contribution in [0.2, 0.25) is 5.02 Å². The first-order valence-corrected chi connectivity index (χ1v) is 13.4. The Morgan fingerprint density at radius 2 is 1.67 bits per heavy atom. The van der Waals surface area contributed by atoms with Crippen molar-refractivity contribution in [3.63, 3.8) is 0 Å². The van der Waals surface area contributed by atoms with Gasteiger partial charge in [-0.15, -0.1) is 10.2 Å². The van der Waals surface area contributed by atoms with Crippen molar-refractivity contribution in [3.05, 3.63) is 59.5 Å². The quantitative estimate of drug-likeness (QED) is 0.257. The maximum Gasteiger partial charge on any atom is 0.333 e. The lowest BCUT2D eigenvalue weighted by atomic mass is 10.2. The summed E-state index contributed by atoms with van der Waals surface area (Å²) in [4.78, 5) is 8.18. The molecule has 4 aromatic rings. The number of sulfone groups is 1. The van der Waals surface area contributed by atoms with Gasteiger partial charge in [0.2, 0.25) is 0 Å². The summed E-state index contributed by atoms with van der Waals surface area (Å²) in [6, 6.07) is 6.23. The number of halogens is 3. The van der Waals surface area contributed by atoms with Gasteiger partial charge in [0, 0.05) is 25.7 Å². The van der Waals surface area contributed by atoms with Crippen LogP contribution in [0.1, 0.15) is 31.2 Å². The molecule has 3 heterocycles. The average molecular weight is 584 g/mol. The third-order valence-corrected chi connectivity index (χ3v) is 8.10. The summed E-state index contributed by atoms with van der Waals surface area (Å²) in [5.74, 6) is 0.0479. The summed E-state index contributed by atoms with van der Waals surface area (Å²) in [6.07, 6.45) is 2.73. The minimum Gasteiger partial charge on any atom is -0.494 e. The summed E-state index contributed by atoms with van der Waals surface area (Å²) >= 11 is 5.86. The lowest BCUT2D eigenvalue weighted by Crippen LogP contribution is -2.30. The van der Waals surface area contributed by atoms with Crippen LogP contribution in [0.25, 0.3) is 17.2 Å². The molecule has 0 fully saturated rings. The number of nitrogens with zero attached hydrogens (tertiary/aromatic N) is 7. The second kappa shape index (κ2) is 11.6. The molecule has 3 aromatic heterocycles. The predicted molar refractivity (Wildman–Crippen MR) is 136 cm³/mol. The molecular weight excluding hydrogens is 560 g/mol. The number of alkyl halides is 2. The van der Waals surface area contributed by atoms with E-state index in [4.69, 9.17) is 25.8 Å². The molecule has 0 saturated carbocycles. The van der Waals surface area contributed by atoms with E-state index in [0.717, 1.165) is 6.20 Å². The van der Waals surface area contributed by atoms with E-state index in [2.05, 4.69) is 25.3 Å². The molecule has 2 atom stereocenters. The number of methoxy groups -OCH3 is 3. The fourth-order valence-corrected chi connectivity index (χ4v) is 5.42. The SMILES string of the molecule is COc1cccc(OC)c1-n1c(CS(=O)(=O)[C@@H](C)[C@H](OC)c2ncc(Cl)cn2)nnc1-c1ccn(C(F)F)n1. The maximum atomic E-state index is 13.6. The Labute approximate surface area is 227 Å². The molecule has 0 aliphatic rings. The van der Waals surface area contributed by atoms with E-state index in [1.54, 1.807) is 18.2 Å². The van der Waals surface area contributed by atoms with Crippen LogP contribution in [-0.4, -0.2) is 69.5 Å². The van der Waals surface area contributed by atoms with E-state index >= 15 is 0 Å². The maximum absolute atomic E-state index is 13.6. The van der Waals surface area contributed by atoms with Gasteiger partial charge < -0.3 is 14.2 Å². The summed E-state index contributed by atoms with van der Waals surface area (Å²) in [6.45, 7) is -1.44. The number of hydrogen-bond acceptors (Lipinski definition) is 10. The van der Waals surface area contributed by atoms with Crippen molar-refractivity contribution >= 4 is 21.4 Å². The normalized spacial score (nSPS) is 13.4. The second-order valence-corrected chi connectivity index (χ2v) is 11.0. The minimum atomic E-state index is -4.02. The molecule has 0 spiro atoms. The van der Waals surface area contributed by atoms with Gasteiger partial charge in [-0.2, -0.15) is 13.9 Å². The molecule has 4 rings (SSSR count). The number of ether oxygens (including phenoxy) is 3. The third kappa shape index (κ3) is 5.69. The van der Waals surface area contributed by atoms with Crippen molar-refractivity contribution in [2.45, 2.75) is 30.6 Å². The van der Waals surface area contributed by atoms with Crippen LogP contribution in [0.15, 0.2) is 42.9 Å². The zero-order valence-electron chi connectivity index (χ0n) is 21.2. The van der Waals surface area contributed by atoms with Gasteiger partial charge in [-0.1, -0.05) is 17.7 Å². The van der Waals surface area contributed by atoms with Gasteiger partial charge in [0.1, 0.15) is 34.7 Å². The third-order valence-electron chi connectivity index (χ3n) is 5.86. The molecule has 208 valence electrons. The van der Waals surface area contributed by atoms with Crippen LogP contribution in [-0.2, 0) is 20.3 Å². The van der Waals surface area contributed by atoms with Crippen molar-refractivity contribution in [1.29, 1.82) is 0 Å². The van der Waals surface area contributed by atoms with Gasteiger partial charge in [0.05, 0.1) is 24.5 Å². The molecule has 0 aliphatic heterocycles. The zero-order valence-corrected chi connectivity index (χ0v) is 22.8. The van der Waals surface area contributed by atoms with Gasteiger partial charge in [-0.25, -0.2) is 23.1 Å². The van der Waals surface area contributed by atoms with Crippen LogP contribution < -0.4 is 9.47 Å². The summed E-state index contributed by atoms with van der Waals surface area (Å²) < 4.78 is 72.1. The molecule has 0 aliphatic carbocycles. The molecule has 1 aromatic carbocycles. The van der Waals surface area contributed by atoms with E-state index in [0.29, 0.717) is 16.2 Å². The van der Waals surface area contributed by atoms with E-state index in [-0.39, 0.29) is 33.9 Å². The molecule has 16 heteroatoms.